The van der Waals surface area contributed by atoms with Gasteiger partial charge in [0.25, 0.3) is 5.91 Å². The summed E-state index contributed by atoms with van der Waals surface area (Å²) in [7, 11) is 0. The maximum Gasteiger partial charge on any atom is 0.272 e. The number of nitrogens with zero attached hydrogens (tertiary/aromatic N) is 3. The molecule has 0 bridgehead atoms. The Morgan fingerprint density at radius 3 is 2.78 bits per heavy atom. The van der Waals surface area contributed by atoms with Crippen molar-refractivity contribution in [2.75, 3.05) is 25.4 Å². The molecule has 1 saturated heterocycles. The van der Waals surface area contributed by atoms with E-state index in [9.17, 15) is 9.18 Å². The van der Waals surface area contributed by atoms with Crippen LogP contribution >= 0.6 is 0 Å². The highest BCUT2D eigenvalue weighted by Crippen LogP contribution is 2.21. The zero-order valence-corrected chi connectivity index (χ0v) is 15.7. The van der Waals surface area contributed by atoms with Crippen LogP contribution in [0, 0.1) is 11.7 Å². The molecule has 0 aliphatic carbocycles. The molecule has 1 aliphatic heterocycles. The van der Waals surface area contributed by atoms with E-state index in [-0.39, 0.29) is 29.5 Å². The van der Waals surface area contributed by atoms with Crippen LogP contribution in [0.15, 0.2) is 30.3 Å². The fourth-order valence-corrected chi connectivity index (χ4v) is 3.18. The van der Waals surface area contributed by atoms with Crippen LogP contribution in [-0.2, 0) is 0 Å². The smallest absolute Gasteiger partial charge is 0.272 e. The molecule has 1 aliphatic rings. The number of carbonyl (C=O) groups is 1. The summed E-state index contributed by atoms with van der Waals surface area (Å²) in [6, 6.07) is 7.69. The topological polar surface area (TPSA) is 81.3 Å². The zero-order valence-electron chi connectivity index (χ0n) is 15.7. The number of benzene rings is 1. The van der Waals surface area contributed by atoms with Crippen LogP contribution in [0.5, 0.6) is 5.75 Å². The van der Waals surface area contributed by atoms with E-state index in [4.69, 9.17) is 10.5 Å². The normalized spacial score (nSPS) is 17.2. The van der Waals surface area contributed by atoms with Crippen LogP contribution in [0.1, 0.15) is 48.8 Å². The van der Waals surface area contributed by atoms with Gasteiger partial charge < -0.3 is 15.4 Å². The van der Waals surface area contributed by atoms with Gasteiger partial charge in [-0.15, -0.1) is 0 Å². The molecule has 0 spiro atoms. The van der Waals surface area contributed by atoms with Crippen molar-refractivity contribution in [3.63, 3.8) is 0 Å². The van der Waals surface area contributed by atoms with Crippen LogP contribution in [0.2, 0.25) is 0 Å². The van der Waals surface area contributed by atoms with Crippen molar-refractivity contribution in [3.8, 4) is 5.75 Å². The molecular weight excluding hydrogens is 347 g/mol. The summed E-state index contributed by atoms with van der Waals surface area (Å²) < 4.78 is 18.7. The van der Waals surface area contributed by atoms with Crippen molar-refractivity contribution < 1.29 is 13.9 Å². The summed E-state index contributed by atoms with van der Waals surface area (Å²) in [5, 5.41) is 0. The third-order valence-electron chi connectivity index (χ3n) is 4.68. The summed E-state index contributed by atoms with van der Waals surface area (Å²) in [5.74, 6) is 0.721. The Balaban J connectivity index is 1.63. The minimum atomic E-state index is -0.290. The standard InChI is InChI=1S/C20H25FN4O2/c1-13(2)17-10-18(24-20(22)23-17)19(26)25-9-3-4-14(11-25)12-27-16-7-5-15(21)6-8-16/h5-8,10,13-14H,3-4,9,11-12H2,1-2H3,(H2,22,23,24)/t14-/m0/s1. The van der Waals surface area contributed by atoms with E-state index in [0.717, 1.165) is 18.5 Å². The Kier molecular flexibility index (Phi) is 5.88. The summed E-state index contributed by atoms with van der Waals surface area (Å²) in [4.78, 5) is 23.0. The molecule has 1 aromatic carbocycles. The van der Waals surface area contributed by atoms with Crippen molar-refractivity contribution in [2.45, 2.75) is 32.6 Å². The highest BCUT2D eigenvalue weighted by atomic mass is 19.1. The van der Waals surface area contributed by atoms with Gasteiger partial charge in [-0.3, -0.25) is 4.79 Å². The van der Waals surface area contributed by atoms with Gasteiger partial charge in [0.1, 0.15) is 17.3 Å². The Morgan fingerprint density at radius 2 is 2.07 bits per heavy atom. The predicted octanol–water partition coefficient (Wildman–Crippen LogP) is 3.25. The minimum Gasteiger partial charge on any atom is -0.493 e. The first-order chi connectivity index (χ1) is 12.9. The summed E-state index contributed by atoms with van der Waals surface area (Å²) in [6.45, 7) is 5.77. The summed E-state index contributed by atoms with van der Waals surface area (Å²) in [6.07, 6.45) is 1.88. The molecule has 1 aromatic heterocycles. The number of ether oxygens (including phenoxy) is 1. The molecule has 0 saturated carbocycles. The molecule has 1 fully saturated rings. The van der Waals surface area contributed by atoms with Crippen LogP contribution in [0.25, 0.3) is 0 Å². The number of likely N-dealkylation sites (tertiary alicyclic amines) is 1. The SMILES string of the molecule is CC(C)c1cc(C(=O)N2CCC[C@H](COc3ccc(F)cc3)C2)nc(N)n1. The summed E-state index contributed by atoms with van der Waals surface area (Å²) in [5.41, 5.74) is 6.88. The fraction of sp³-hybridized carbons (Fsp3) is 0.450. The van der Waals surface area contributed by atoms with Crippen LogP contribution < -0.4 is 10.5 Å². The largest absolute Gasteiger partial charge is 0.493 e. The van der Waals surface area contributed by atoms with Crippen LogP contribution in [0.4, 0.5) is 10.3 Å². The van der Waals surface area contributed by atoms with Gasteiger partial charge >= 0.3 is 0 Å². The first-order valence-corrected chi connectivity index (χ1v) is 9.24. The molecule has 7 heteroatoms. The van der Waals surface area contributed by atoms with Gasteiger partial charge in [0, 0.05) is 24.7 Å². The quantitative estimate of drug-likeness (QED) is 0.871. The Bertz CT molecular complexity index is 795. The number of rotatable bonds is 5. The molecule has 2 N–H and O–H groups in total. The Morgan fingerprint density at radius 1 is 1.33 bits per heavy atom. The number of carbonyl (C=O) groups excluding carboxylic acids is 1. The monoisotopic (exact) mass is 372 g/mol. The molecule has 3 rings (SSSR count). The number of piperidine rings is 1. The van der Waals surface area contributed by atoms with Crippen molar-refractivity contribution >= 4 is 11.9 Å². The second-order valence-corrected chi connectivity index (χ2v) is 7.22. The van der Waals surface area contributed by atoms with Crippen molar-refractivity contribution in [1.82, 2.24) is 14.9 Å². The molecular formula is C20H25FN4O2. The minimum absolute atomic E-state index is 0.123. The summed E-state index contributed by atoms with van der Waals surface area (Å²) >= 11 is 0. The van der Waals surface area contributed by atoms with E-state index in [1.165, 1.54) is 12.1 Å². The van der Waals surface area contributed by atoms with Gasteiger partial charge in [0.05, 0.1) is 6.61 Å². The highest BCUT2D eigenvalue weighted by molar-refractivity contribution is 5.92. The highest BCUT2D eigenvalue weighted by Gasteiger charge is 2.26. The lowest BCUT2D eigenvalue weighted by Gasteiger charge is -2.32. The predicted molar refractivity (Wildman–Crippen MR) is 101 cm³/mol. The number of nitrogens with two attached hydrogens (primary N) is 1. The van der Waals surface area contributed by atoms with E-state index in [2.05, 4.69) is 9.97 Å². The number of hydrogen-bond acceptors (Lipinski definition) is 5. The lowest BCUT2D eigenvalue weighted by atomic mass is 9.98. The lowest BCUT2D eigenvalue weighted by Crippen LogP contribution is -2.42. The van der Waals surface area contributed by atoms with Gasteiger partial charge in [0.2, 0.25) is 5.95 Å². The average molecular weight is 372 g/mol. The average Bonchev–Trinajstić information content (AvgIpc) is 2.66. The van der Waals surface area contributed by atoms with Gasteiger partial charge in [-0.1, -0.05) is 13.8 Å². The van der Waals surface area contributed by atoms with E-state index in [1.807, 2.05) is 13.8 Å². The number of aromatic nitrogens is 2. The number of hydrogen-bond donors (Lipinski definition) is 1. The van der Waals surface area contributed by atoms with E-state index < -0.39 is 0 Å². The Labute approximate surface area is 158 Å². The first-order valence-electron chi connectivity index (χ1n) is 9.24. The molecule has 0 radical (unpaired) electrons. The van der Waals surface area contributed by atoms with Gasteiger partial charge in [-0.2, -0.15) is 0 Å². The third-order valence-corrected chi connectivity index (χ3v) is 4.68. The maximum atomic E-state index is 13.0. The molecule has 1 amide bonds. The number of amides is 1. The van der Waals surface area contributed by atoms with Crippen molar-refractivity contribution in [3.05, 3.63) is 47.5 Å². The number of nitrogen functional groups attached to an aromatic ring is 1. The maximum absolute atomic E-state index is 13.0. The second kappa shape index (κ2) is 8.33. The van der Waals surface area contributed by atoms with Crippen LogP contribution in [-0.4, -0.2) is 40.5 Å². The lowest BCUT2D eigenvalue weighted by molar-refractivity contribution is 0.0627. The van der Waals surface area contributed by atoms with E-state index in [0.29, 0.717) is 31.1 Å². The molecule has 144 valence electrons. The van der Waals surface area contributed by atoms with E-state index in [1.54, 1.807) is 23.1 Å². The van der Waals surface area contributed by atoms with Gasteiger partial charge in [0.15, 0.2) is 0 Å². The van der Waals surface area contributed by atoms with Crippen molar-refractivity contribution in [2.24, 2.45) is 5.92 Å². The van der Waals surface area contributed by atoms with E-state index >= 15 is 0 Å². The number of anilines is 1. The van der Waals surface area contributed by atoms with Crippen molar-refractivity contribution in [1.29, 1.82) is 0 Å². The molecule has 2 aromatic rings. The zero-order chi connectivity index (χ0) is 19.4. The van der Waals surface area contributed by atoms with Gasteiger partial charge in [-0.25, -0.2) is 14.4 Å². The molecule has 1 atom stereocenters. The third kappa shape index (κ3) is 4.93. The fourth-order valence-electron chi connectivity index (χ4n) is 3.18. The molecule has 6 nitrogen and oxygen atoms in total. The first kappa shape index (κ1) is 19.1. The number of halogens is 1. The molecule has 27 heavy (non-hydrogen) atoms. The molecule has 2 heterocycles. The van der Waals surface area contributed by atoms with Gasteiger partial charge in [-0.05, 0) is 49.1 Å². The molecule has 0 unspecified atom stereocenters. The van der Waals surface area contributed by atoms with Crippen LogP contribution in [0.3, 0.4) is 0 Å². The second-order valence-electron chi connectivity index (χ2n) is 7.22. The Hall–Kier alpha value is -2.70.